The van der Waals surface area contributed by atoms with Crippen molar-refractivity contribution in [2.75, 3.05) is 20.3 Å². The molecule has 0 N–H and O–H groups in total. The van der Waals surface area contributed by atoms with Crippen LogP contribution in [-0.2, 0) is 11.3 Å². The predicted molar refractivity (Wildman–Crippen MR) is 80.1 cm³/mol. The first-order valence-electron chi connectivity index (χ1n) is 6.56. The Hall–Kier alpha value is -0.970. The summed E-state index contributed by atoms with van der Waals surface area (Å²) in [7, 11) is 2.16. The molecule has 1 saturated heterocycles. The van der Waals surface area contributed by atoms with Gasteiger partial charge >= 0.3 is 0 Å². The molecular weight excluding hydrogens is 304 g/mol. The lowest BCUT2D eigenvalue weighted by Gasteiger charge is -2.23. The number of benzene rings is 1. The smallest absolute Gasteiger partial charge is 0.0758 e. The summed E-state index contributed by atoms with van der Waals surface area (Å²) < 4.78 is 6.56. The standard InChI is InChI=1S/C15H17BrN2O/c1-18(12-6-8-19-10-12)9-11-4-5-14(16)13-3-2-7-17-15(11)13/h2-5,7,12H,6,8-10H2,1H3/t12-/m1/s1. The zero-order chi connectivity index (χ0) is 13.2. The van der Waals surface area contributed by atoms with Crippen molar-refractivity contribution in [1.82, 2.24) is 9.88 Å². The van der Waals surface area contributed by atoms with Crippen molar-refractivity contribution in [2.24, 2.45) is 0 Å². The van der Waals surface area contributed by atoms with Crippen molar-refractivity contribution >= 4 is 26.8 Å². The van der Waals surface area contributed by atoms with Crippen LogP contribution in [0.15, 0.2) is 34.9 Å². The minimum atomic E-state index is 0.530. The summed E-state index contributed by atoms with van der Waals surface area (Å²) in [6.07, 6.45) is 2.98. The summed E-state index contributed by atoms with van der Waals surface area (Å²) in [5, 5.41) is 1.18. The molecule has 0 radical (unpaired) electrons. The second-order valence-electron chi connectivity index (χ2n) is 5.04. The third-order valence-electron chi connectivity index (χ3n) is 3.75. The summed E-state index contributed by atoms with van der Waals surface area (Å²) in [5.41, 5.74) is 2.36. The number of rotatable bonds is 3. The molecule has 1 atom stereocenters. The van der Waals surface area contributed by atoms with E-state index in [0.29, 0.717) is 6.04 Å². The number of fused-ring (bicyclic) bond motifs is 1. The Kier molecular flexibility index (Phi) is 3.82. The summed E-state index contributed by atoms with van der Waals surface area (Å²) in [5.74, 6) is 0. The SMILES string of the molecule is CN(Cc1ccc(Br)c2cccnc12)[C@@H]1CCOC1. The van der Waals surface area contributed by atoms with Crippen molar-refractivity contribution in [1.29, 1.82) is 0 Å². The molecule has 0 amide bonds. The van der Waals surface area contributed by atoms with Gasteiger partial charge in [-0.05, 0) is 31.2 Å². The van der Waals surface area contributed by atoms with E-state index in [1.165, 1.54) is 10.9 Å². The molecule has 4 heteroatoms. The average Bonchev–Trinajstić information content (AvgIpc) is 2.96. The fourth-order valence-electron chi connectivity index (χ4n) is 2.59. The Labute approximate surface area is 121 Å². The fraction of sp³-hybridized carbons (Fsp3) is 0.400. The summed E-state index contributed by atoms with van der Waals surface area (Å²) in [4.78, 5) is 6.90. The molecule has 2 heterocycles. The van der Waals surface area contributed by atoms with Gasteiger partial charge in [0.2, 0.25) is 0 Å². The van der Waals surface area contributed by atoms with Crippen LogP contribution in [-0.4, -0.2) is 36.2 Å². The number of aromatic nitrogens is 1. The molecule has 1 aliphatic heterocycles. The molecule has 1 aromatic heterocycles. The fourth-order valence-corrected chi connectivity index (χ4v) is 3.04. The zero-order valence-electron chi connectivity index (χ0n) is 11.0. The van der Waals surface area contributed by atoms with Gasteiger partial charge in [-0.3, -0.25) is 9.88 Å². The van der Waals surface area contributed by atoms with Crippen LogP contribution in [0.25, 0.3) is 10.9 Å². The maximum atomic E-state index is 5.46. The molecule has 100 valence electrons. The molecule has 0 spiro atoms. The lowest BCUT2D eigenvalue weighted by molar-refractivity contribution is 0.156. The lowest BCUT2D eigenvalue weighted by atomic mass is 10.1. The van der Waals surface area contributed by atoms with Gasteiger partial charge in [0.1, 0.15) is 0 Å². The molecule has 1 aliphatic rings. The van der Waals surface area contributed by atoms with Crippen LogP contribution in [0, 0.1) is 0 Å². The summed E-state index contributed by atoms with van der Waals surface area (Å²) in [6.45, 7) is 2.64. The maximum Gasteiger partial charge on any atom is 0.0758 e. The molecule has 0 aliphatic carbocycles. The Morgan fingerprint density at radius 2 is 2.32 bits per heavy atom. The van der Waals surface area contributed by atoms with E-state index in [9.17, 15) is 0 Å². The van der Waals surface area contributed by atoms with Crippen LogP contribution < -0.4 is 0 Å². The number of likely N-dealkylation sites (N-methyl/N-ethyl adjacent to an activating group) is 1. The van der Waals surface area contributed by atoms with E-state index in [1.54, 1.807) is 0 Å². The highest BCUT2D eigenvalue weighted by Gasteiger charge is 2.20. The van der Waals surface area contributed by atoms with Gasteiger partial charge in [0, 0.05) is 35.2 Å². The van der Waals surface area contributed by atoms with Gasteiger partial charge < -0.3 is 4.74 Å². The van der Waals surface area contributed by atoms with E-state index >= 15 is 0 Å². The summed E-state index contributed by atoms with van der Waals surface area (Å²) >= 11 is 3.59. The summed E-state index contributed by atoms with van der Waals surface area (Å²) in [6, 6.07) is 8.88. The lowest BCUT2D eigenvalue weighted by Crippen LogP contribution is -2.31. The van der Waals surface area contributed by atoms with Crippen LogP contribution >= 0.6 is 15.9 Å². The number of pyridine rings is 1. The van der Waals surface area contributed by atoms with Crippen molar-refractivity contribution in [3.8, 4) is 0 Å². The highest BCUT2D eigenvalue weighted by atomic mass is 79.9. The number of ether oxygens (including phenoxy) is 1. The monoisotopic (exact) mass is 320 g/mol. The second kappa shape index (κ2) is 5.57. The molecule has 2 aromatic rings. The van der Waals surface area contributed by atoms with Gasteiger partial charge in [0.15, 0.2) is 0 Å². The van der Waals surface area contributed by atoms with Crippen molar-refractivity contribution in [3.05, 3.63) is 40.5 Å². The number of hydrogen-bond donors (Lipinski definition) is 0. The van der Waals surface area contributed by atoms with Crippen molar-refractivity contribution < 1.29 is 4.74 Å². The Bertz CT molecular complexity index is 581. The Balaban J connectivity index is 1.90. The topological polar surface area (TPSA) is 25.4 Å². The van der Waals surface area contributed by atoms with Gasteiger partial charge in [-0.1, -0.05) is 28.1 Å². The normalized spacial score (nSPS) is 19.4. The number of hydrogen-bond acceptors (Lipinski definition) is 3. The zero-order valence-corrected chi connectivity index (χ0v) is 12.6. The number of halogens is 1. The van der Waals surface area contributed by atoms with Gasteiger partial charge in [-0.15, -0.1) is 0 Å². The van der Waals surface area contributed by atoms with Crippen molar-refractivity contribution in [3.63, 3.8) is 0 Å². The van der Waals surface area contributed by atoms with E-state index < -0.39 is 0 Å². The molecule has 1 fully saturated rings. The van der Waals surface area contributed by atoms with Gasteiger partial charge in [0.05, 0.1) is 12.1 Å². The first-order valence-corrected chi connectivity index (χ1v) is 7.35. The first-order chi connectivity index (χ1) is 9.25. The minimum Gasteiger partial charge on any atom is -0.380 e. The minimum absolute atomic E-state index is 0.530. The molecule has 3 nitrogen and oxygen atoms in total. The average molecular weight is 321 g/mol. The van der Waals surface area contributed by atoms with E-state index in [2.05, 4.69) is 51.1 Å². The van der Waals surface area contributed by atoms with E-state index in [1.807, 2.05) is 12.3 Å². The van der Waals surface area contributed by atoms with Crippen LogP contribution in [0.1, 0.15) is 12.0 Å². The van der Waals surface area contributed by atoms with Crippen LogP contribution in [0.4, 0.5) is 0 Å². The number of nitrogens with zero attached hydrogens (tertiary/aromatic N) is 2. The van der Waals surface area contributed by atoms with Gasteiger partial charge in [0.25, 0.3) is 0 Å². The Morgan fingerprint density at radius 3 is 3.11 bits per heavy atom. The largest absolute Gasteiger partial charge is 0.380 e. The highest BCUT2D eigenvalue weighted by Crippen LogP contribution is 2.26. The van der Waals surface area contributed by atoms with Crippen LogP contribution in [0.2, 0.25) is 0 Å². The second-order valence-corrected chi connectivity index (χ2v) is 5.89. The predicted octanol–water partition coefficient (Wildman–Crippen LogP) is 3.22. The van der Waals surface area contributed by atoms with E-state index in [-0.39, 0.29) is 0 Å². The molecule has 0 unspecified atom stereocenters. The Morgan fingerprint density at radius 1 is 1.42 bits per heavy atom. The molecular formula is C15H17BrN2O. The molecule has 19 heavy (non-hydrogen) atoms. The van der Waals surface area contributed by atoms with Crippen LogP contribution in [0.5, 0.6) is 0 Å². The third-order valence-corrected chi connectivity index (χ3v) is 4.44. The van der Waals surface area contributed by atoms with Crippen molar-refractivity contribution in [2.45, 2.75) is 19.0 Å². The van der Waals surface area contributed by atoms with Crippen LogP contribution in [0.3, 0.4) is 0 Å². The third kappa shape index (κ3) is 2.66. The maximum absolute atomic E-state index is 5.46. The molecule has 0 saturated carbocycles. The highest BCUT2D eigenvalue weighted by molar-refractivity contribution is 9.10. The molecule has 3 rings (SSSR count). The first kappa shape index (κ1) is 13.0. The van der Waals surface area contributed by atoms with Gasteiger partial charge in [-0.2, -0.15) is 0 Å². The van der Waals surface area contributed by atoms with E-state index in [4.69, 9.17) is 4.74 Å². The quantitative estimate of drug-likeness (QED) is 0.868. The van der Waals surface area contributed by atoms with Gasteiger partial charge in [-0.25, -0.2) is 0 Å². The molecule has 1 aromatic carbocycles. The van der Waals surface area contributed by atoms with E-state index in [0.717, 1.165) is 36.2 Å². The molecule has 0 bridgehead atoms.